The van der Waals surface area contributed by atoms with Gasteiger partial charge in [-0.05, 0) is 13.0 Å². The lowest BCUT2D eigenvalue weighted by Gasteiger charge is -2.09. The van der Waals surface area contributed by atoms with E-state index in [0.29, 0.717) is 12.2 Å². The molecule has 94 valence electrons. The number of hydrogen-bond acceptors (Lipinski definition) is 3. The normalized spacial score (nSPS) is 10.6. The molecule has 0 aliphatic heterocycles. The van der Waals surface area contributed by atoms with E-state index in [9.17, 15) is 9.59 Å². The number of hydrogen-bond donors (Lipinski definition) is 1. The predicted molar refractivity (Wildman–Crippen MR) is 64.7 cm³/mol. The van der Waals surface area contributed by atoms with E-state index >= 15 is 0 Å². The maximum Gasteiger partial charge on any atom is 0.341 e. The van der Waals surface area contributed by atoms with Crippen molar-refractivity contribution in [2.45, 2.75) is 13.5 Å². The summed E-state index contributed by atoms with van der Waals surface area (Å²) < 4.78 is 3.37. The van der Waals surface area contributed by atoms with Crippen LogP contribution < -0.4 is 5.43 Å². The Labute approximate surface area is 103 Å². The van der Waals surface area contributed by atoms with Gasteiger partial charge in [0.15, 0.2) is 5.43 Å². The third-order valence-corrected chi connectivity index (χ3v) is 2.68. The third-order valence-electron chi connectivity index (χ3n) is 2.68. The largest absolute Gasteiger partial charge is 0.477 e. The molecule has 0 fully saturated rings. The summed E-state index contributed by atoms with van der Waals surface area (Å²) in [5, 5.41) is 13.1. The zero-order valence-electron chi connectivity index (χ0n) is 10.1. The van der Waals surface area contributed by atoms with Crippen LogP contribution in [0, 0.1) is 6.92 Å². The van der Waals surface area contributed by atoms with Crippen LogP contribution in [0.1, 0.15) is 21.7 Å². The summed E-state index contributed by atoms with van der Waals surface area (Å²) in [7, 11) is 1.81. The van der Waals surface area contributed by atoms with E-state index in [0.717, 1.165) is 5.69 Å². The second-order valence-electron chi connectivity index (χ2n) is 4.11. The lowest BCUT2D eigenvalue weighted by molar-refractivity contribution is 0.0694. The number of rotatable bonds is 3. The monoisotopic (exact) mass is 247 g/mol. The molecule has 0 aliphatic carbocycles. The van der Waals surface area contributed by atoms with Gasteiger partial charge < -0.3 is 9.67 Å². The molecule has 0 spiro atoms. The smallest absolute Gasteiger partial charge is 0.341 e. The Morgan fingerprint density at radius 2 is 2.22 bits per heavy atom. The zero-order valence-corrected chi connectivity index (χ0v) is 10.1. The Morgan fingerprint density at radius 1 is 1.50 bits per heavy atom. The first-order valence-electron chi connectivity index (χ1n) is 5.40. The number of aromatic nitrogens is 3. The number of carbonyl (C=O) groups is 1. The summed E-state index contributed by atoms with van der Waals surface area (Å²) >= 11 is 0. The van der Waals surface area contributed by atoms with Crippen LogP contribution in [0.4, 0.5) is 0 Å². The van der Waals surface area contributed by atoms with Gasteiger partial charge in [-0.25, -0.2) is 4.79 Å². The second-order valence-corrected chi connectivity index (χ2v) is 4.11. The highest BCUT2D eigenvalue weighted by Crippen LogP contribution is 2.04. The number of pyridine rings is 1. The summed E-state index contributed by atoms with van der Waals surface area (Å²) in [6.45, 7) is 2.20. The number of carboxylic acid groups (broad SMARTS) is 1. The van der Waals surface area contributed by atoms with Crippen molar-refractivity contribution in [2.24, 2.45) is 7.05 Å². The molecule has 0 radical (unpaired) electrons. The Balaban J connectivity index is 2.41. The van der Waals surface area contributed by atoms with E-state index in [-0.39, 0.29) is 5.56 Å². The van der Waals surface area contributed by atoms with Gasteiger partial charge in [0.25, 0.3) is 0 Å². The highest BCUT2D eigenvalue weighted by molar-refractivity contribution is 5.87. The van der Waals surface area contributed by atoms with Crippen LogP contribution in [0.15, 0.2) is 29.3 Å². The highest BCUT2D eigenvalue weighted by atomic mass is 16.4. The van der Waals surface area contributed by atoms with Gasteiger partial charge in [-0.2, -0.15) is 5.10 Å². The van der Waals surface area contributed by atoms with E-state index in [1.807, 2.05) is 19.3 Å². The Bertz CT molecular complexity index is 655. The molecule has 0 amide bonds. The average Bonchev–Trinajstić information content (AvgIpc) is 2.67. The van der Waals surface area contributed by atoms with Crippen molar-refractivity contribution in [3.05, 3.63) is 51.7 Å². The molecule has 2 heterocycles. The van der Waals surface area contributed by atoms with E-state index in [4.69, 9.17) is 5.11 Å². The predicted octanol–water partition coefficient (Wildman–Crippen LogP) is 0.637. The first-order chi connectivity index (χ1) is 8.47. The number of nitrogens with zero attached hydrogens (tertiary/aromatic N) is 3. The molecular formula is C12H13N3O3. The Hall–Kier alpha value is -2.37. The summed E-state index contributed by atoms with van der Waals surface area (Å²) in [6, 6.07) is 3.17. The standard InChI is InChI=1S/C12H13N3O3/c1-8-5-11(16)10(12(17)18)7-15(8)6-9-3-4-14(2)13-9/h3-5,7H,6H2,1-2H3,(H,17,18). The van der Waals surface area contributed by atoms with Gasteiger partial charge >= 0.3 is 5.97 Å². The molecule has 1 N–H and O–H groups in total. The molecule has 18 heavy (non-hydrogen) atoms. The van der Waals surface area contributed by atoms with Crippen molar-refractivity contribution in [1.29, 1.82) is 0 Å². The third kappa shape index (κ3) is 2.32. The molecule has 2 rings (SSSR count). The van der Waals surface area contributed by atoms with Crippen LogP contribution >= 0.6 is 0 Å². The maximum atomic E-state index is 11.5. The van der Waals surface area contributed by atoms with E-state index in [1.165, 1.54) is 12.3 Å². The van der Waals surface area contributed by atoms with Gasteiger partial charge in [0.2, 0.25) is 0 Å². The topological polar surface area (TPSA) is 77.1 Å². The van der Waals surface area contributed by atoms with E-state index < -0.39 is 11.4 Å². The number of aryl methyl sites for hydroxylation is 2. The van der Waals surface area contributed by atoms with Crippen molar-refractivity contribution in [2.75, 3.05) is 0 Å². The molecule has 0 saturated carbocycles. The van der Waals surface area contributed by atoms with E-state index in [1.54, 1.807) is 16.2 Å². The zero-order chi connectivity index (χ0) is 13.3. The fraction of sp³-hybridized carbons (Fsp3) is 0.250. The van der Waals surface area contributed by atoms with Crippen LogP contribution in [0.25, 0.3) is 0 Å². The minimum absolute atomic E-state index is 0.225. The lowest BCUT2D eigenvalue weighted by Crippen LogP contribution is -2.19. The molecule has 0 aliphatic rings. The van der Waals surface area contributed by atoms with Crippen LogP contribution in [-0.2, 0) is 13.6 Å². The minimum Gasteiger partial charge on any atom is -0.477 e. The number of aromatic carboxylic acids is 1. The molecule has 2 aromatic rings. The fourth-order valence-electron chi connectivity index (χ4n) is 1.72. The quantitative estimate of drug-likeness (QED) is 0.863. The molecule has 0 aromatic carbocycles. The van der Waals surface area contributed by atoms with Crippen LogP contribution in [0.5, 0.6) is 0 Å². The van der Waals surface area contributed by atoms with Crippen LogP contribution in [0.3, 0.4) is 0 Å². The van der Waals surface area contributed by atoms with Gasteiger partial charge in [-0.15, -0.1) is 0 Å². The molecule has 2 aromatic heterocycles. The summed E-state index contributed by atoms with van der Waals surface area (Å²) in [6.07, 6.45) is 3.17. The fourth-order valence-corrected chi connectivity index (χ4v) is 1.72. The molecule has 6 nitrogen and oxygen atoms in total. The van der Waals surface area contributed by atoms with Crippen molar-refractivity contribution in [3.63, 3.8) is 0 Å². The van der Waals surface area contributed by atoms with Gasteiger partial charge in [0.1, 0.15) is 5.56 Å². The first kappa shape index (κ1) is 12.1. The molecule has 6 heteroatoms. The highest BCUT2D eigenvalue weighted by Gasteiger charge is 2.11. The molecule has 0 atom stereocenters. The van der Waals surface area contributed by atoms with E-state index in [2.05, 4.69) is 5.10 Å². The summed E-state index contributed by atoms with van der Waals surface area (Å²) in [5.41, 5.74) is 0.810. The average molecular weight is 247 g/mol. The van der Waals surface area contributed by atoms with Gasteiger partial charge in [-0.3, -0.25) is 9.48 Å². The molecule has 0 unspecified atom stereocenters. The van der Waals surface area contributed by atoms with Crippen LogP contribution in [-0.4, -0.2) is 25.4 Å². The minimum atomic E-state index is -1.21. The van der Waals surface area contributed by atoms with Gasteiger partial charge in [0, 0.05) is 31.2 Å². The Kier molecular flexibility index (Phi) is 3.01. The first-order valence-corrected chi connectivity index (χ1v) is 5.40. The maximum absolute atomic E-state index is 11.5. The van der Waals surface area contributed by atoms with Crippen molar-refractivity contribution in [1.82, 2.24) is 14.3 Å². The van der Waals surface area contributed by atoms with Crippen molar-refractivity contribution >= 4 is 5.97 Å². The van der Waals surface area contributed by atoms with Gasteiger partial charge in [-0.1, -0.05) is 0 Å². The summed E-state index contributed by atoms with van der Waals surface area (Å²) in [5.74, 6) is -1.21. The lowest BCUT2D eigenvalue weighted by atomic mass is 10.2. The molecule has 0 bridgehead atoms. The summed E-state index contributed by atoms with van der Waals surface area (Å²) in [4.78, 5) is 22.4. The SMILES string of the molecule is Cc1cc(=O)c(C(=O)O)cn1Cc1ccn(C)n1. The van der Waals surface area contributed by atoms with Crippen molar-refractivity contribution in [3.8, 4) is 0 Å². The van der Waals surface area contributed by atoms with Gasteiger partial charge in [0.05, 0.1) is 12.2 Å². The van der Waals surface area contributed by atoms with Crippen molar-refractivity contribution < 1.29 is 9.90 Å². The second kappa shape index (κ2) is 4.48. The molecule has 0 saturated heterocycles. The number of carboxylic acids is 1. The van der Waals surface area contributed by atoms with Crippen LogP contribution in [0.2, 0.25) is 0 Å². The Morgan fingerprint density at radius 3 is 2.78 bits per heavy atom. The molecular weight excluding hydrogens is 234 g/mol.